The van der Waals surface area contributed by atoms with Crippen molar-refractivity contribution in [1.82, 2.24) is 4.98 Å². The SMILES string of the molecule is Nc1ncccc1C=CCO. The summed E-state index contributed by atoms with van der Waals surface area (Å²) < 4.78 is 0. The van der Waals surface area contributed by atoms with Crippen LogP contribution in [0, 0.1) is 0 Å². The van der Waals surface area contributed by atoms with Gasteiger partial charge in [0.15, 0.2) is 0 Å². The molecule has 1 rings (SSSR count). The molecule has 0 bridgehead atoms. The molecule has 0 saturated heterocycles. The number of rotatable bonds is 2. The van der Waals surface area contributed by atoms with Crippen molar-refractivity contribution < 1.29 is 5.11 Å². The fraction of sp³-hybridized carbons (Fsp3) is 0.125. The Kier molecular flexibility index (Phi) is 2.63. The molecule has 1 aromatic rings. The first-order valence-electron chi connectivity index (χ1n) is 3.32. The van der Waals surface area contributed by atoms with Crippen LogP contribution in [-0.2, 0) is 0 Å². The molecule has 0 unspecified atom stereocenters. The normalized spacial score (nSPS) is 10.6. The van der Waals surface area contributed by atoms with Gasteiger partial charge in [-0.3, -0.25) is 0 Å². The number of nitrogen functional groups attached to an aromatic ring is 1. The van der Waals surface area contributed by atoms with Gasteiger partial charge in [0.2, 0.25) is 0 Å². The maximum atomic E-state index is 8.47. The van der Waals surface area contributed by atoms with E-state index >= 15 is 0 Å². The highest BCUT2D eigenvalue weighted by Crippen LogP contribution is 2.07. The lowest BCUT2D eigenvalue weighted by Crippen LogP contribution is -1.91. The molecule has 0 atom stereocenters. The zero-order valence-electron chi connectivity index (χ0n) is 6.07. The Morgan fingerprint density at radius 1 is 1.64 bits per heavy atom. The Balaban J connectivity index is 2.86. The Morgan fingerprint density at radius 2 is 2.45 bits per heavy atom. The van der Waals surface area contributed by atoms with Crippen LogP contribution < -0.4 is 5.73 Å². The Labute approximate surface area is 65.2 Å². The number of aromatic nitrogens is 1. The van der Waals surface area contributed by atoms with E-state index in [4.69, 9.17) is 10.8 Å². The second-order valence-corrected chi connectivity index (χ2v) is 2.06. The van der Waals surface area contributed by atoms with Crippen molar-refractivity contribution in [2.75, 3.05) is 12.3 Å². The molecule has 1 heterocycles. The minimum Gasteiger partial charge on any atom is -0.392 e. The van der Waals surface area contributed by atoms with E-state index in [-0.39, 0.29) is 6.61 Å². The van der Waals surface area contributed by atoms with Gasteiger partial charge in [0, 0.05) is 11.8 Å². The molecule has 3 heteroatoms. The average molecular weight is 150 g/mol. The van der Waals surface area contributed by atoms with Crippen LogP contribution in [-0.4, -0.2) is 16.7 Å². The van der Waals surface area contributed by atoms with Crippen molar-refractivity contribution in [3.05, 3.63) is 30.0 Å². The summed E-state index contributed by atoms with van der Waals surface area (Å²) >= 11 is 0. The van der Waals surface area contributed by atoms with Gasteiger partial charge in [0.1, 0.15) is 5.82 Å². The fourth-order valence-electron chi connectivity index (χ4n) is 0.751. The molecule has 0 aromatic carbocycles. The standard InChI is InChI=1S/C8H10N2O/c9-8-7(4-2-6-11)3-1-5-10-8/h1-5,11H,6H2,(H2,9,10). The highest BCUT2D eigenvalue weighted by molar-refractivity contribution is 5.60. The van der Waals surface area contributed by atoms with Crippen molar-refractivity contribution in [3.63, 3.8) is 0 Å². The summed E-state index contributed by atoms with van der Waals surface area (Å²) in [7, 11) is 0. The molecule has 0 aliphatic rings. The third-order valence-corrected chi connectivity index (χ3v) is 1.27. The third-order valence-electron chi connectivity index (χ3n) is 1.27. The Morgan fingerprint density at radius 3 is 3.09 bits per heavy atom. The molecule has 0 spiro atoms. The number of pyridine rings is 1. The average Bonchev–Trinajstić information content (AvgIpc) is 2.03. The molecule has 3 nitrogen and oxygen atoms in total. The van der Waals surface area contributed by atoms with Crippen molar-refractivity contribution in [3.8, 4) is 0 Å². The summed E-state index contributed by atoms with van der Waals surface area (Å²) in [4.78, 5) is 3.88. The van der Waals surface area contributed by atoms with Crippen molar-refractivity contribution in [2.24, 2.45) is 0 Å². The molecule has 0 saturated carbocycles. The minimum atomic E-state index is 0.0222. The fourth-order valence-corrected chi connectivity index (χ4v) is 0.751. The molecular formula is C8H10N2O. The first-order chi connectivity index (χ1) is 5.34. The van der Waals surface area contributed by atoms with Crippen LogP contribution in [0.2, 0.25) is 0 Å². The molecule has 0 aliphatic carbocycles. The van der Waals surface area contributed by atoms with E-state index in [1.165, 1.54) is 0 Å². The number of hydrogen-bond acceptors (Lipinski definition) is 3. The van der Waals surface area contributed by atoms with Gasteiger partial charge in [0.25, 0.3) is 0 Å². The smallest absolute Gasteiger partial charge is 0.130 e. The first-order valence-corrected chi connectivity index (χ1v) is 3.32. The highest BCUT2D eigenvalue weighted by Gasteiger charge is 1.91. The largest absolute Gasteiger partial charge is 0.392 e. The predicted molar refractivity (Wildman–Crippen MR) is 44.8 cm³/mol. The van der Waals surface area contributed by atoms with E-state index in [0.29, 0.717) is 5.82 Å². The van der Waals surface area contributed by atoms with Crippen molar-refractivity contribution in [1.29, 1.82) is 0 Å². The highest BCUT2D eigenvalue weighted by atomic mass is 16.2. The molecule has 3 N–H and O–H groups in total. The van der Waals surface area contributed by atoms with Crippen molar-refractivity contribution >= 4 is 11.9 Å². The third kappa shape index (κ3) is 2.05. The summed E-state index contributed by atoms with van der Waals surface area (Å²) in [6, 6.07) is 3.64. The molecule has 0 amide bonds. The summed E-state index contributed by atoms with van der Waals surface area (Å²) in [5.74, 6) is 0.484. The van der Waals surface area contributed by atoms with Gasteiger partial charge in [0.05, 0.1) is 6.61 Å². The van der Waals surface area contributed by atoms with E-state index in [2.05, 4.69) is 4.98 Å². The summed E-state index contributed by atoms with van der Waals surface area (Å²) in [6.07, 6.45) is 4.99. The number of aliphatic hydroxyl groups is 1. The van der Waals surface area contributed by atoms with Gasteiger partial charge in [-0.1, -0.05) is 12.2 Å². The van der Waals surface area contributed by atoms with Crippen LogP contribution in [0.1, 0.15) is 5.56 Å². The van der Waals surface area contributed by atoms with Crippen LogP contribution in [0.4, 0.5) is 5.82 Å². The summed E-state index contributed by atoms with van der Waals surface area (Å²) in [5.41, 5.74) is 6.35. The van der Waals surface area contributed by atoms with Crippen LogP contribution in [0.15, 0.2) is 24.4 Å². The van der Waals surface area contributed by atoms with E-state index in [9.17, 15) is 0 Å². The van der Waals surface area contributed by atoms with Crippen LogP contribution in [0.5, 0.6) is 0 Å². The second-order valence-electron chi connectivity index (χ2n) is 2.06. The van der Waals surface area contributed by atoms with Gasteiger partial charge >= 0.3 is 0 Å². The molecule has 0 aliphatic heterocycles. The van der Waals surface area contributed by atoms with E-state index in [0.717, 1.165) is 5.56 Å². The predicted octanol–water partition coefficient (Wildman–Crippen LogP) is 0.669. The molecule has 11 heavy (non-hydrogen) atoms. The van der Waals surface area contributed by atoms with Crippen LogP contribution in [0.25, 0.3) is 6.08 Å². The lowest BCUT2D eigenvalue weighted by Gasteiger charge is -1.95. The second kappa shape index (κ2) is 3.73. The lowest BCUT2D eigenvalue weighted by molar-refractivity contribution is 0.343. The number of aliphatic hydroxyl groups excluding tert-OH is 1. The number of anilines is 1. The monoisotopic (exact) mass is 150 g/mol. The summed E-state index contributed by atoms with van der Waals surface area (Å²) in [6.45, 7) is 0.0222. The van der Waals surface area contributed by atoms with Crippen molar-refractivity contribution in [2.45, 2.75) is 0 Å². The van der Waals surface area contributed by atoms with Gasteiger partial charge in [-0.05, 0) is 12.1 Å². The molecule has 1 aromatic heterocycles. The quantitative estimate of drug-likeness (QED) is 0.651. The van der Waals surface area contributed by atoms with Gasteiger partial charge in [-0.15, -0.1) is 0 Å². The molecular weight excluding hydrogens is 140 g/mol. The van der Waals surface area contributed by atoms with E-state index in [1.807, 2.05) is 6.07 Å². The summed E-state index contributed by atoms with van der Waals surface area (Å²) in [5, 5.41) is 8.47. The lowest BCUT2D eigenvalue weighted by atomic mass is 10.2. The Bertz CT molecular complexity index is 258. The van der Waals surface area contributed by atoms with Gasteiger partial charge in [-0.2, -0.15) is 0 Å². The van der Waals surface area contributed by atoms with Crippen LogP contribution >= 0.6 is 0 Å². The molecule has 0 fully saturated rings. The maximum absolute atomic E-state index is 8.47. The first kappa shape index (κ1) is 7.75. The number of nitrogens with two attached hydrogens (primary N) is 1. The molecule has 58 valence electrons. The zero-order chi connectivity index (χ0) is 8.10. The number of hydrogen-bond donors (Lipinski definition) is 2. The minimum absolute atomic E-state index is 0.0222. The Hall–Kier alpha value is -1.35. The van der Waals surface area contributed by atoms with Gasteiger partial charge in [-0.25, -0.2) is 4.98 Å². The van der Waals surface area contributed by atoms with E-state index in [1.54, 1.807) is 24.4 Å². The zero-order valence-corrected chi connectivity index (χ0v) is 6.07. The van der Waals surface area contributed by atoms with E-state index < -0.39 is 0 Å². The topological polar surface area (TPSA) is 59.1 Å². The van der Waals surface area contributed by atoms with Gasteiger partial charge < -0.3 is 10.8 Å². The number of nitrogens with zero attached hydrogens (tertiary/aromatic N) is 1. The van der Waals surface area contributed by atoms with Crippen LogP contribution in [0.3, 0.4) is 0 Å². The maximum Gasteiger partial charge on any atom is 0.130 e. The molecule has 0 radical (unpaired) electrons.